The predicted octanol–water partition coefficient (Wildman–Crippen LogP) is 5.08. The van der Waals surface area contributed by atoms with E-state index < -0.39 is 0 Å². The van der Waals surface area contributed by atoms with Gasteiger partial charge in [-0.05, 0) is 82.1 Å². The summed E-state index contributed by atoms with van der Waals surface area (Å²) in [5, 5.41) is 8.57. The number of amidine groups is 1. The first-order valence-electron chi connectivity index (χ1n) is 13.6. The van der Waals surface area contributed by atoms with E-state index in [0.29, 0.717) is 11.5 Å². The van der Waals surface area contributed by atoms with Crippen molar-refractivity contribution in [3.63, 3.8) is 0 Å². The molecule has 1 aromatic carbocycles. The average molecular weight is 518 g/mol. The van der Waals surface area contributed by atoms with Crippen LogP contribution in [0.4, 0.5) is 0 Å². The van der Waals surface area contributed by atoms with Crippen LogP contribution in [0.2, 0.25) is 0 Å². The first-order valence-corrected chi connectivity index (χ1v) is 13.6. The van der Waals surface area contributed by atoms with Gasteiger partial charge in [-0.1, -0.05) is 36.4 Å². The molecule has 1 aromatic heterocycles. The van der Waals surface area contributed by atoms with Gasteiger partial charge in [0.05, 0.1) is 0 Å². The highest BCUT2D eigenvalue weighted by molar-refractivity contribution is 5.99. The fourth-order valence-corrected chi connectivity index (χ4v) is 5.39. The number of benzene rings is 1. The number of aromatic nitrogens is 1. The van der Waals surface area contributed by atoms with Crippen molar-refractivity contribution in [3.05, 3.63) is 70.6 Å². The summed E-state index contributed by atoms with van der Waals surface area (Å²) in [6, 6.07) is 14.6. The third kappa shape index (κ3) is 7.53. The highest BCUT2D eigenvalue weighted by atomic mass is 16.2. The molecule has 2 aromatic rings. The quantitative estimate of drug-likeness (QED) is 0.335. The van der Waals surface area contributed by atoms with E-state index in [-0.39, 0.29) is 17.7 Å². The molecule has 2 fully saturated rings. The van der Waals surface area contributed by atoms with Crippen LogP contribution in [0.1, 0.15) is 74.9 Å². The second-order valence-corrected chi connectivity index (χ2v) is 10.6. The molecule has 0 spiro atoms. The number of carbonyl (C=O) groups is 2. The third-order valence-electron chi connectivity index (χ3n) is 7.92. The molecule has 4 rings (SSSR count). The van der Waals surface area contributed by atoms with E-state index >= 15 is 0 Å². The fourth-order valence-electron chi connectivity index (χ4n) is 5.39. The Morgan fingerprint density at radius 1 is 0.921 bits per heavy atom. The maximum atomic E-state index is 11.6. The number of likely N-dealkylation sites (tertiary alicyclic amines) is 2. The van der Waals surface area contributed by atoms with Crippen LogP contribution >= 0.6 is 0 Å². The molecule has 204 valence electrons. The van der Waals surface area contributed by atoms with Crippen LogP contribution < -0.4 is 5.73 Å². The lowest BCUT2D eigenvalue weighted by Gasteiger charge is -2.39. The molecular weight excluding hydrogens is 474 g/mol. The summed E-state index contributed by atoms with van der Waals surface area (Å²) >= 11 is 0. The lowest BCUT2D eigenvalue weighted by molar-refractivity contribution is -0.130. The summed E-state index contributed by atoms with van der Waals surface area (Å²) in [5.41, 5.74) is 11.0. The van der Waals surface area contributed by atoms with Gasteiger partial charge in [0.15, 0.2) is 0 Å². The SMILES string of the molecule is C/C(C(N)=O)=C(/C)c1ccc(C)nc1C.CC(=O)N1CCCC(C(=N)N2CCC(c3ccccc3)CC2)C1. The second-order valence-electron chi connectivity index (χ2n) is 10.6. The number of pyridine rings is 1. The number of nitrogens with one attached hydrogen (secondary N) is 1. The summed E-state index contributed by atoms with van der Waals surface area (Å²) in [5.74, 6) is 1.36. The van der Waals surface area contributed by atoms with E-state index in [4.69, 9.17) is 11.1 Å². The smallest absolute Gasteiger partial charge is 0.244 e. The average Bonchev–Trinajstić information content (AvgIpc) is 2.93. The Hall–Kier alpha value is -3.48. The molecule has 0 bridgehead atoms. The van der Waals surface area contributed by atoms with Crippen molar-refractivity contribution in [1.29, 1.82) is 5.41 Å². The zero-order valence-corrected chi connectivity index (χ0v) is 23.6. The molecule has 7 heteroatoms. The van der Waals surface area contributed by atoms with Gasteiger partial charge in [-0.15, -0.1) is 0 Å². The first kappa shape index (κ1) is 29.1. The van der Waals surface area contributed by atoms with Gasteiger partial charge in [-0.2, -0.15) is 0 Å². The van der Waals surface area contributed by atoms with E-state index in [9.17, 15) is 9.59 Å². The number of nitrogens with zero attached hydrogens (tertiary/aromatic N) is 3. The Bertz CT molecular complexity index is 1170. The van der Waals surface area contributed by atoms with Crippen LogP contribution in [0.15, 0.2) is 48.0 Å². The summed E-state index contributed by atoms with van der Waals surface area (Å²) in [6.45, 7) is 12.6. The minimum atomic E-state index is -0.382. The van der Waals surface area contributed by atoms with Crippen LogP contribution in [-0.4, -0.2) is 58.6 Å². The Morgan fingerprint density at radius 3 is 2.16 bits per heavy atom. The maximum Gasteiger partial charge on any atom is 0.244 e. The van der Waals surface area contributed by atoms with E-state index in [1.807, 2.05) is 37.8 Å². The molecular formula is C31H43N5O2. The van der Waals surface area contributed by atoms with E-state index in [1.165, 1.54) is 5.56 Å². The predicted molar refractivity (Wildman–Crippen MR) is 154 cm³/mol. The van der Waals surface area contributed by atoms with Gasteiger partial charge in [0.25, 0.3) is 0 Å². The molecule has 1 atom stereocenters. The van der Waals surface area contributed by atoms with Gasteiger partial charge in [0.2, 0.25) is 11.8 Å². The minimum absolute atomic E-state index is 0.144. The summed E-state index contributed by atoms with van der Waals surface area (Å²) in [4.78, 5) is 31.1. The summed E-state index contributed by atoms with van der Waals surface area (Å²) in [6.07, 6.45) is 4.30. The lowest BCUT2D eigenvalue weighted by atomic mass is 9.88. The molecule has 7 nitrogen and oxygen atoms in total. The standard InChI is InChI=1S/C19H27N3O.C12H16N2O/c1-15(23)22-11-5-8-18(14-22)19(20)21-12-9-17(10-13-21)16-6-3-2-4-7-16;1-7-5-6-11(10(4)14-7)8(2)9(3)12(13)15/h2-4,6-7,17-18,20H,5,8-14H2,1H3;5-6H,1-4H3,(H2,13,15)/b;9-8+. The number of amides is 2. The number of aryl methyl sites for hydroxylation is 2. The number of rotatable bonds is 4. The number of piperidine rings is 2. The van der Waals surface area contributed by atoms with Crippen molar-refractivity contribution >= 4 is 23.2 Å². The number of allylic oxidation sites excluding steroid dienone is 1. The van der Waals surface area contributed by atoms with Gasteiger partial charge in [-0.3, -0.25) is 20.0 Å². The minimum Gasteiger partial charge on any atom is -0.366 e. The van der Waals surface area contributed by atoms with E-state index in [2.05, 4.69) is 40.2 Å². The van der Waals surface area contributed by atoms with Crippen LogP contribution in [0, 0.1) is 25.2 Å². The molecule has 0 radical (unpaired) electrons. The van der Waals surface area contributed by atoms with Gasteiger partial charge in [0.1, 0.15) is 5.84 Å². The molecule has 2 aliphatic rings. The van der Waals surface area contributed by atoms with Crippen LogP contribution in [0.25, 0.3) is 5.57 Å². The van der Waals surface area contributed by atoms with E-state index in [1.54, 1.807) is 13.8 Å². The fraction of sp³-hybridized carbons (Fsp3) is 0.484. The van der Waals surface area contributed by atoms with Crippen molar-refractivity contribution in [3.8, 4) is 0 Å². The molecule has 38 heavy (non-hydrogen) atoms. The number of carbonyl (C=O) groups excluding carboxylic acids is 2. The Labute approximate surface area is 227 Å². The Kier molecular flexibility index (Phi) is 10.2. The molecule has 2 amide bonds. The highest BCUT2D eigenvalue weighted by Gasteiger charge is 2.30. The van der Waals surface area contributed by atoms with Gasteiger partial charge in [-0.25, -0.2) is 0 Å². The second kappa shape index (κ2) is 13.4. The molecule has 0 saturated carbocycles. The summed E-state index contributed by atoms with van der Waals surface area (Å²) < 4.78 is 0. The molecule has 1 unspecified atom stereocenters. The number of nitrogens with two attached hydrogens (primary N) is 1. The maximum absolute atomic E-state index is 11.6. The van der Waals surface area contributed by atoms with E-state index in [0.717, 1.165) is 80.2 Å². The monoisotopic (exact) mass is 517 g/mol. The van der Waals surface area contributed by atoms with Crippen molar-refractivity contribution in [2.45, 2.75) is 66.2 Å². The lowest BCUT2D eigenvalue weighted by Crippen LogP contribution is -2.47. The van der Waals surface area contributed by atoms with Gasteiger partial charge in [0, 0.05) is 56.0 Å². The van der Waals surface area contributed by atoms with Gasteiger partial charge < -0.3 is 15.5 Å². The van der Waals surface area contributed by atoms with Crippen molar-refractivity contribution in [2.75, 3.05) is 26.2 Å². The summed E-state index contributed by atoms with van der Waals surface area (Å²) in [7, 11) is 0. The van der Waals surface area contributed by atoms with Crippen molar-refractivity contribution in [2.24, 2.45) is 11.7 Å². The first-order chi connectivity index (χ1) is 18.1. The third-order valence-corrected chi connectivity index (χ3v) is 7.92. The Balaban J connectivity index is 0.000000232. The number of primary amides is 1. The molecule has 2 saturated heterocycles. The highest BCUT2D eigenvalue weighted by Crippen LogP contribution is 2.29. The van der Waals surface area contributed by atoms with Gasteiger partial charge >= 0.3 is 0 Å². The largest absolute Gasteiger partial charge is 0.366 e. The normalized spacial score (nSPS) is 18.7. The van der Waals surface area contributed by atoms with Crippen molar-refractivity contribution in [1.82, 2.24) is 14.8 Å². The van der Waals surface area contributed by atoms with Crippen LogP contribution in [0.5, 0.6) is 0 Å². The zero-order valence-electron chi connectivity index (χ0n) is 23.6. The molecule has 3 heterocycles. The molecule has 2 aliphatic heterocycles. The van der Waals surface area contributed by atoms with Crippen LogP contribution in [0.3, 0.4) is 0 Å². The zero-order chi connectivity index (χ0) is 27.8. The number of hydrogen-bond acceptors (Lipinski definition) is 4. The van der Waals surface area contributed by atoms with Crippen molar-refractivity contribution < 1.29 is 9.59 Å². The molecule has 0 aliphatic carbocycles. The number of hydrogen-bond donors (Lipinski definition) is 2. The Morgan fingerprint density at radius 2 is 1.58 bits per heavy atom. The topological polar surface area (TPSA) is 103 Å². The molecule has 3 N–H and O–H groups in total. The van der Waals surface area contributed by atoms with Crippen LogP contribution in [-0.2, 0) is 9.59 Å².